The van der Waals surface area contributed by atoms with E-state index in [2.05, 4.69) is 44.8 Å². The van der Waals surface area contributed by atoms with Gasteiger partial charge in [-0.3, -0.25) is 4.90 Å². The van der Waals surface area contributed by atoms with Gasteiger partial charge >= 0.3 is 0 Å². The fourth-order valence-electron chi connectivity index (χ4n) is 3.48. The molecule has 108 valence electrons. The third-order valence-corrected chi connectivity index (χ3v) is 4.47. The van der Waals surface area contributed by atoms with Crippen LogP contribution >= 0.6 is 0 Å². The normalized spacial score (nSPS) is 30.3. The second kappa shape index (κ2) is 6.88. The number of nitrogens with one attached hydrogen (secondary N) is 1. The topological polar surface area (TPSA) is 35.5 Å². The van der Waals surface area contributed by atoms with E-state index in [1.807, 2.05) is 0 Å². The highest BCUT2D eigenvalue weighted by Crippen LogP contribution is 2.34. The average Bonchev–Trinajstić information content (AvgIpc) is 2.73. The predicted octanol–water partition coefficient (Wildman–Crippen LogP) is 2.39. The van der Waals surface area contributed by atoms with Gasteiger partial charge < -0.3 is 10.4 Å². The number of nitrogens with zero attached hydrogens (tertiary/aromatic N) is 1. The highest BCUT2D eigenvalue weighted by molar-refractivity contribution is 5.00. The standard InChI is InChI=1S/C15H32N2O/c1-6-13(5)17(7-2)14-8-9-15(10-14,11-18)16-12(3)4/h12-14,16,18H,6-11H2,1-5H3. The summed E-state index contributed by atoms with van der Waals surface area (Å²) in [5, 5.41) is 13.3. The van der Waals surface area contributed by atoms with Crippen molar-refractivity contribution in [3.8, 4) is 0 Å². The monoisotopic (exact) mass is 256 g/mol. The molecular weight excluding hydrogens is 224 g/mol. The van der Waals surface area contributed by atoms with Crippen LogP contribution in [0.3, 0.4) is 0 Å². The Morgan fingerprint density at radius 3 is 2.44 bits per heavy atom. The molecule has 0 heterocycles. The second-order valence-electron chi connectivity index (χ2n) is 6.22. The zero-order chi connectivity index (χ0) is 13.8. The van der Waals surface area contributed by atoms with Gasteiger partial charge in [-0.15, -0.1) is 0 Å². The lowest BCUT2D eigenvalue weighted by Crippen LogP contribution is -2.51. The maximum atomic E-state index is 9.75. The molecule has 0 aromatic heterocycles. The number of rotatable bonds is 7. The Labute approximate surface area is 113 Å². The van der Waals surface area contributed by atoms with Gasteiger partial charge in [-0.25, -0.2) is 0 Å². The van der Waals surface area contributed by atoms with E-state index in [4.69, 9.17) is 0 Å². The summed E-state index contributed by atoms with van der Waals surface area (Å²) in [6, 6.07) is 1.71. The van der Waals surface area contributed by atoms with E-state index in [1.165, 1.54) is 12.8 Å². The Bertz CT molecular complexity index is 245. The van der Waals surface area contributed by atoms with E-state index in [0.29, 0.717) is 18.1 Å². The SMILES string of the molecule is CCC(C)N(CC)C1CCC(CO)(NC(C)C)C1. The number of aliphatic hydroxyl groups excluding tert-OH is 1. The van der Waals surface area contributed by atoms with Crippen LogP contribution in [0.1, 0.15) is 60.3 Å². The molecule has 3 atom stereocenters. The molecule has 1 aliphatic carbocycles. The van der Waals surface area contributed by atoms with E-state index in [-0.39, 0.29) is 12.1 Å². The molecule has 0 aromatic rings. The molecule has 1 fully saturated rings. The van der Waals surface area contributed by atoms with Crippen molar-refractivity contribution in [1.82, 2.24) is 10.2 Å². The molecule has 1 aliphatic rings. The smallest absolute Gasteiger partial charge is 0.0614 e. The van der Waals surface area contributed by atoms with Crippen molar-refractivity contribution in [1.29, 1.82) is 0 Å². The summed E-state index contributed by atoms with van der Waals surface area (Å²) in [6.45, 7) is 12.5. The first-order chi connectivity index (χ1) is 8.48. The molecule has 2 N–H and O–H groups in total. The number of hydrogen-bond acceptors (Lipinski definition) is 3. The summed E-state index contributed by atoms with van der Waals surface area (Å²) in [4.78, 5) is 2.61. The molecule has 0 radical (unpaired) electrons. The molecule has 0 spiro atoms. The first-order valence-electron chi connectivity index (χ1n) is 7.62. The van der Waals surface area contributed by atoms with Crippen molar-refractivity contribution in [2.24, 2.45) is 0 Å². The molecule has 18 heavy (non-hydrogen) atoms. The minimum atomic E-state index is -0.0419. The molecule has 0 aliphatic heterocycles. The summed E-state index contributed by atoms with van der Waals surface area (Å²) >= 11 is 0. The lowest BCUT2D eigenvalue weighted by molar-refractivity contribution is 0.118. The maximum Gasteiger partial charge on any atom is 0.0614 e. The summed E-state index contributed by atoms with van der Waals surface area (Å²) in [5.74, 6) is 0. The van der Waals surface area contributed by atoms with E-state index >= 15 is 0 Å². The van der Waals surface area contributed by atoms with Crippen LogP contribution in [0, 0.1) is 0 Å². The summed E-state index contributed by atoms with van der Waals surface area (Å²) in [5.41, 5.74) is -0.0419. The fraction of sp³-hybridized carbons (Fsp3) is 1.00. The third-order valence-electron chi connectivity index (χ3n) is 4.47. The van der Waals surface area contributed by atoms with Crippen LogP contribution in [-0.2, 0) is 0 Å². The van der Waals surface area contributed by atoms with Crippen molar-refractivity contribution in [2.45, 2.75) is 84.0 Å². The highest BCUT2D eigenvalue weighted by atomic mass is 16.3. The lowest BCUT2D eigenvalue weighted by Gasteiger charge is -2.36. The summed E-state index contributed by atoms with van der Waals surface area (Å²) in [6.07, 6.45) is 4.59. The van der Waals surface area contributed by atoms with Crippen LogP contribution in [0.2, 0.25) is 0 Å². The van der Waals surface area contributed by atoms with Crippen LogP contribution in [-0.4, -0.2) is 46.8 Å². The minimum Gasteiger partial charge on any atom is -0.394 e. The zero-order valence-corrected chi connectivity index (χ0v) is 12.9. The molecule has 1 rings (SSSR count). The van der Waals surface area contributed by atoms with Crippen LogP contribution in [0.25, 0.3) is 0 Å². The van der Waals surface area contributed by atoms with Gasteiger partial charge in [0.1, 0.15) is 0 Å². The molecule has 1 saturated carbocycles. The zero-order valence-electron chi connectivity index (χ0n) is 12.9. The van der Waals surface area contributed by atoms with Gasteiger partial charge in [0.15, 0.2) is 0 Å². The lowest BCUT2D eigenvalue weighted by atomic mass is 9.97. The first-order valence-corrected chi connectivity index (χ1v) is 7.62. The van der Waals surface area contributed by atoms with E-state index in [1.54, 1.807) is 0 Å². The fourth-order valence-corrected chi connectivity index (χ4v) is 3.48. The van der Waals surface area contributed by atoms with Crippen LogP contribution in [0.4, 0.5) is 0 Å². The molecule has 0 aromatic carbocycles. The Balaban J connectivity index is 2.67. The Kier molecular flexibility index (Phi) is 6.09. The van der Waals surface area contributed by atoms with Crippen molar-refractivity contribution >= 4 is 0 Å². The molecule has 3 nitrogen and oxygen atoms in total. The van der Waals surface area contributed by atoms with Gasteiger partial charge in [0.25, 0.3) is 0 Å². The van der Waals surface area contributed by atoms with Gasteiger partial charge in [0.05, 0.1) is 6.61 Å². The predicted molar refractivity (Wildman–Crippen MR) is 77.9 cm³/mol. The van der Waals surface area contributed by atoms with Crippen molar-refractivity contribution in [2.75, 3.05) is 13.2 Å². The van der Waals surface area contributed by atoms with E-state index in [0.717, 1.165) is 19.4 Å². The molecular formula is C15H32N2O. The van der Waals surface area contributed by atoms with Crippen molar-refractivity contribution in [3.05, 3.63) is 0 Å². The van der Waals surface area contributed by atoms with Gasteiger partial charge in [-0.2, -0.15) is 0 Å². The number of aliphatic hydroxyl groups is 1. The second-order valence-corrected chi connectivity index (χ2v) is 6.22. The van der Waals surface area contributed by atoms with Crippen molar-refractivity contribution < 1.29 is 5.11 Å². The molecule has 3 heteroatoms. The van der Waals surface area contributed by atoms with Crippen molar-refractivity contribution in [3.63, 3.8) is 0 Å². The van der Waals surface area contributed by atoms with Gasteiger partial charge in [-0.05, 0) is 39.2 Å². The largest absolute Gasteiger partial charge is 0.394 e. The molecule has 3 unspecified atom stereocenters. The van der Waals surface area contributed by atoms with Gasteiger partial charge in [0.2, 0.25) is 0 Å². The van der Waals surface area contributed by atoms with E-state index in [9.17, 15) is 5.11 Å². The van der Waals surface area contributed by atoms with Crippen LogP contribution in [0.15, 0.2) is 0 Å². The average molecular weight is 256 g/mol. The molecule has 0 bridgehead atoms. The Hall–Kier alpha value is -0.120. The summed E-state index contributed by atoms with van der Waals surface area (Å²) < 4.78 is 0. The van der Waals surface area contributed by atoms with E-state index < -0.39 is 0 Å². The number of hydrogen-bond donors (Lipinski definition) is 2. The van der Waals surface area contributed by atoms with Gasteiger partial charge in [0, 0.05) is 23.7 Å². The maximum absolute atomic E-state index is 9.75. The Morgan fingerprint density at radius 1 is 1.33 bits per heavy atom. The quantitative estimate of drug-likeness (QED) is 0.734. The molecule has 0 saturated heterocycles. The van der Waals surface area contributed by atoms with Gasteiger partial charge in [-0.1, -0.05) is 27.7 Å². The minimum absolute atomic E-state index is 0.0419. The molecule has 0 amide bonds. The summed E-state index contributed by atoms with van der Waals surface area (Å²) in [7, 11) is 0. The van der Waals surface area contributed by atoms with Crippen LogP contribution in [0.5, 0.6) is 0 Å². The Morgan fingerprint density at radius 2 is 2.00 bits per heavy atom. The highest BCUT2D eigenvalue weighted by Gasteiger charge is 2.41. The van der Waals surface area contributed by atoms with Crippen LogP contribution < -0.4 is 5.32 Å². The first kappa shape index (κ1) is 15.9. The third kappa shape index (κ3) is 3.69.